The van der Waals surface area contributed by atoms with Crippen molar-refractivity contribution in [1.82, 2.24) is 24.8 Å². The van der Waals surface area contributed by atoms with Crippen LogP contribution in [0.4, 0.5) is 15.4 Å². The number of hydrogen-bond acceptors (Lipinski definition) is 5. The second kappa shape index (κ2) is 8.38. The molecule has 1 aromatic carbocycles. The zero-order chi connectivity index (χ0) is 20.1. The van der Waals surface area contributed by atoms with Gasteiger partial charge in [0.05, 0.1) is 5.52 Å². The van der Waals surface area contributed by atoms with E-state index in [-0.39, 0.29) is 17.9 Å². The smallest absolute Gasteiger partial charge is 0.325 e. The highest BCUT2D eigenvalue weighted by atomic mass is 16.5. The Morgan fingerprint density at radius 2 is 1.96 bits per heavy atom. The van der Waals surface area contributed by atoms with Crippen LogP contribution in [0.2, 0.25) is 0 Å². The van der Waals surface area contributed by atoms with Crippen LogP contribution in [0.25, 0.3) is 10.9 Å². The molecule has 0 spiro atoms. The van der Waals surface area contributed by atoms with Crippen molar-refractivity contribution in [1.29, 1.82) is 0 Å². The van der Waals surface area contributed by atoms with Crippen molar-refractivity contribution in [3.63, 3.8) is 0 Å². The molecule has 0 unspecified atom stereocenters. The number of aromatic nitrogens is 3. The van der Waals surface area contributed by atoms with Crippen LogP contribution in [0.5, 0.6) is 11.6 Å². The summed E-state index contributed by atoms with van der Waals surface area (Å²) in [6.45, 7) is 5.01. The second-order valence-electron chi connectivity index (χ2n) is 5.88. The molecule has 9 nitrogen and oxygen atoms in total. The first-order valence-corrected chi connectivity index (χ1v) is 8.95. The third kappa shape index (κ3) is 3.88. The predicted molar refractivity (Wildman–Crippen MR) is 106 cm³/mol. The summed E-state index contributed by atoms with van der Waals surface area (Å²) in [6, 6.07) is 8.27. The molecule has 0 saturated heterocycles. The van der Waals surface area contributed by atoms with E-state index in [9.17, 15) is 9.59 Å². The Kier molecular flexibility index (Phi) is 5.73. The Hall–Kier alpha value is -3.62. The van der Waals surface area contributed by atoms with E-state index in [2.05, 4.69) is 20.6 Å². The maximum atomic E-state index is 12.2. The molecule has 0 bridgehead atoms. The fourth-order valence-corrected chi connectivity index (χ4v) is 2.80. The third-order valence-electron chi connectivity index (χ3n) is 4.27. The molecule has 0 aliphatic rings. The van der Waals surface area contributed by atoms with Crippen LogP contribution in [0.1, 0.15) is 13.8 Å². The second-order valence-corrected chi connectivity index (χ2v) is 5.88. The monoisotopic (exact) mass is 382 g/mol. The minimum absolute atomic E-state index is 0.237. The molecule has 2 N–H and O–H groups in total. The Balaban J connectivity index is 1.84. The lowest BCUT2D eigenvalue weighted by Crippen LogP contribution is -2.34. The number of hydrogen-bond donors (Lipinski definition) is 2. The first-order chi connectivity index (χ1) is 13.6. The summed E-state index contributed by atoms with van der Waals surface area (Å²) in [6.07, 6.45) is 3.00. The van der Waals surface area contributed by atoms with Crippen molar-refractivity contribution in [3.05, 3.63) is 42.9 Å². The zero-order valence-electron chi connectivity index (χ0n) is 16.0. The van der Waals surface area contributed by atoms with Crippen LogP contribution < -0.4 is 15.4 Å². The Morgan fingerprint density at radius 3 is 2.68 bits per heavy atom. The molecule has 28 heavy (non-hydrogen) atoms. The summed E-state index contributed by atoms with van der Waals surface area (Å²) in [4.78, 5) is 34.0. The average Bonchev–Trinajstić information content (AvgIpc) is 3.14. The van der Waals surface area contributed by atoms with Crippen LogP contribution in [-0.2, 0) is 0 Å². The lowest BCUT2D eigenvalue weighted by atomic mass is 10.2. The van der Waals surface area contributed by atoms with E-state index in [0.29, 0.717) is 30.2 Å². The lowest BCUT2D eigenvalue weighted by Gasteiger charge is -2.18. The van der Waals surface area contributed by atoms with Crippen LogP contribution in [-0.4, -0.2) is 51.6 Å². The van der Waals surface area contributed by atoms with Gasteiger partial charge in [-0.2, -0.15) is 0 Å². The normalized spacial score (nSPS) is 10.5. The molecule has 3 rings (SSSR count). The highest BCUT2D eigenvalue weighted by Crippen LogP contribution is 2.30. The number of urea groups is 1. The van der Waals surface area contributed by atoms with Crippen LogP contribution >= 0.6 is 0 Å². The Bertz CT molecular complexity index is 996. The number of nitrogens with one attached hydrogen (secondary N) is 2. The predicted octanol–water partition coefficient (Wildman–Crippen LogP) is 3.28. The quantitative estimate of drug-likeness (QED) is 0.705. The van der Waals surface area contributed by atoms with E-state index >= 15 is 0 Å². The summed E-state index contributed by atoms with van der Waals surface area (Å²) < 4.78 is 7.39. The van der Waals surface area contributed by atoms with E-state index in [1.54, 1.807) is 42.4 Å². The van der Waals surface area contributed by atoms with Crippen LogP contribution in [0.3, 0.4) is 0 Å². The van der Waals surface area contributed by atoms with E-state index in [1.165, 1.54) is 10.9 Å². The van der Waals surface area contributed by atoms with Gasteiger partial charge in [-0.1, -0.05) is 6.07 Å². The minimum atomic E-state index is -0.240. The van der Waals surface area contributed by atoms with Gasteiger partial charge in [0.2, 0.25) is 5.88 Å². The van der Waals surface area contributed by atoms with Gasteiger partial charge >= 0.3 is 12.1 Å². The van der Waals surface area contributed by atoms with Crippen molar-refractivity contribution in [2.75, 3.05) is 25.5 Å². The van der Waals surface area contributed by atoms with Crippen molar-refractivity contribution < 1.29 is 14.3 Å². The highest BCUT2D eigenvalue weighted by Gasteiger charge is 2.13. The molecule has 146 valence electrons. The SMILES string of the molecule is CCN(CC)C(=O)Nc1cc(Oc2cccc3c2ccn3C(=O)NC)ncn1. The molecule has 3 amide bonds. The molecule has 9 heteroatoms. The highest BCUT2D eigenvalue weighted by molar-refractivity contribution is 5.94. The van der Waals surface area contributed by atoms with Crippen LogP contribution in [0, 0.1) is 0 Å². The summed E-state index contributed by atoms with van der Waals surface area (Å²) in [7, 11) is 1.57. The Morgan fingerprint density at radius 1 is 1.18 bits per heavy atom. The molecule has 0 aliphatic heterocycles. The van der Waals surface area contributed by atoms with Crippen molar-refractivity contribution >= 4 is 28.8 Å². The lowest BCUT2D eigenvalue weighted by molar-refractivity contribution is 0.217. The number of carbonyl (C=O) groups is 2. The molecule has 0 saturated carbocycles. The fourth-order valence-electron chi connectivity index (χ4n) is 2.80. The molecule has 0 fully saturated rings. The molecule has 3 aromatic rings. The largest absolute Gasteiger partial charge is 0.438 e. The number of carbonyl (C=O) groups excluding carboxylic acids is 2. The van der Waals surface area contributed by atoms with Gasteiger partial charge in [0.15, 0.2) is 0 Å². The van der Waals surface area contributed by atoms with Gasteiger partial charge in [0.25, 0.3) is 0 Å². The van der Waals surface area contributed by atoms with Gasteiger partial charge in [-0.25, -0.2) is 19.6 Å². The number of nitrogens with zero attached hydrogens (tertiary/aromatic N) is 4. The van der Waals surface area contributed by atoms with Crippen molar-refractivity contribution in [2.45, 2.75) is 13.8 Å². The number of benzene rings is 1. The Labute approximate surface area is 162 Å². The zero-order valence-corrected chi connectivity index (χ0v) is 16.0. The van der Waals surface area contributed by atoms with Gasteiger partial charge in [0, 0.05) is 37.8 Å². The number of ether oxygens (including phenoxy) is 1. The molecule has 2 heterocycles. The first kappa shape index (κ1) is 19.2. The summed E-state index contributed by atoms with van der Waals surface area (Å²) >= 11 is 0. The average molecular weight is 382 g/mol. The summed E-state index contributed by atoms with van der Waals surface area (Å²) in [5.74, 6) is 1.17. The maximum absolute atomic E-state index is 12.2. The van der Waals surface area contributed by atoms with Gasteiger partial charge in [0.1, 0.15) is 17.9 Å². The summed E-state index contributed by atoms with van der Waals surface area (Å²) in [5, 5.41) is 6.09. The van der Waals surface area contributed by atoms with Crippen molar-refractivity contribution in [2.24, 2.45) is 0 Å². The van der Waals surface area contributed by atoms with Crippen molar-refractivity contribution in [3.8, 4) is 11.6 Å². The van der Waals surface area contributed by atoms with E-state index in [1.807, 2.05) is 19.9 Å². The number of rotatable bonds is 5. The van der Waals surface area contributed by atoms with Gasteiger partial charge < -0.3 is 15.0 Å². The van der Waals surface area contributed by atoms with Gasteiger partial charge in [-0.15, -0.1) is 0 Å². The molecular formula is C19H22N6O3. The standard InChI is InChI=1S/C19H22N6O3/c1-4-24(5-2)19(27)23-16-11-17(22-12-21-16)28-15-8-6-7-14-13(15)9-10-25(14)18(26)20-3/h6-12H,4-5H2,1-3H3,(H,20,26)(H,21,22,23,27). The maximum Gasteiger partial charge on any atom is 0.325 e. The van der Waals surface area contributed by atoms with Gasteiger partial charge in [-0.3, -0.25) is 9.88 Å². The fraction of sp³-hybridized carbons (Fsp3) is 0.263. The number of anilines is 1. The van der Waals surface area contributed by atoms with Crippen LogP contribution in [0.15, 0.2) is 42.9 Å². The van der Waals surface area contributed by atoms with E-state index < -0.39 is 0 Å². The van der Waals surface area contributed by atoms with E-state index in [0.717, 1.165) is 5.39 Å². The minimum Gasteiger partial charge on any atom is -0.438 e. The first-order valence-electron chi connectivity index (χ1n) is 8.95. The third-order valence-corrected chi connectivity index (χ3v) is 4.27. The number of amides is 3. The van der Waals surface area contributed by atoms with E-state index in [4.69, 9.17) is 4.74 Å². The topological polar surface area (TPSA) is 101 Å². The molecule has 0 radical (unpaired) electrons. The molecule has 0 atom stereocenters. The van der Waals surface area contributed by atoms with Gasteiger partial charge in [-0.05, 0) is 32.0 Å². The molecule has 2 aromatic heterocycles. The number of fused-ring (bicyclic) bond motifs is 1. The molecular weight excluding hydrogens is 360 g/mol. The molecule has 0 aliphatic carbocycles. The summed E-state index contributed by atoms with van der Waals surface area (Å²) in [5.41, 5.74) is 0.709.